The normalized spacial score (nSPS) is 40.5. The first-order valence-corrected chi connectivity index (χ1v) is 5.43. The summed E-state index contributed by atoms with van der Waals surface area (Å²) in [4.78, 5) is 0. The first-order valence-electron chi connectivity index (χ1n) is 5.43. The molecule has 70 valence electrons. The highest BCUT2D eigenvalue weighted by Crippen LogP contribution is 2.45. The van der Waals surface area contributed by atoms with Gasteiger partial charge in [0.1, 0.15) is 0 Å². The molecule has 1 N–H and O–H groups in total. The summed E-state index contributed by atoms with van der Waals surface area (Å²) in [5.74, 6) is 0.958. The fourth-order valence-electron chi connectivity index (χ4n) is 3.15. The van der Waals surface area contributed by atoms with Gasteiger partial charge in [-0.3, -0.25) is 0 Å². The van der Waals surface area contributed by atoms with Gasteiger partial charge < -0.3 is 5.32 Å². The smallest absolute Gasteiger partial charge is 0.0101 e. The van der Waals surface area contributed by atoms with Crippen LogP contribution >= 0.6 is 0 Å². The second-order valence-corrected chi connectivity index (χ2v) is 5.19. The molecular formula is C11H21N. The highest BCUT2D eigenvalue weighted by atomic mass is 14.9. The first kappa shape index (κ1) is 8.55. The lowest BCUT2D eigenvalue weighted by molar-refractivity contribution is 0.209. The van der Waals surface area contributed by atoms with Crippen molar-refractivity contribution in [2.45, 2.75) is 52.0 Å². The highest BCUT2D eigenvalue weighted by molar-refractivity contribution is 4.94. The Morgan fingerprint density at radius 3 is 2.50 bits per heavy atom. The molecule has 2 aliphatic rings. The van der Waals surface area contributed by atoms with Crippen LogP contribution in [0, 0.1) is 11.3 Å². The minimum absolute atomic E-state index is 0.613. The Hall–Kier alpha value is -0.0400. The summed E-state index contributed by atoms with van der Waals surface area (Å²) >= 11 is 0. The van der Waals surface area contributed by atoms with E-state index in [2.05, 4.69) is 19.2 Å². The molecule has 0 spiro atoms. The minimum Gasteiger partial charge on any atom is -0.314 e. The standard InChI is InChI=1S/C11H21N/c1-11(2)7-3-5-9(11)10-6-4-8-12-10/h9-10,12H,3-8H2,1-2H3. The van der Waals surface area contributed by atoms with E-state index in [4.69, 9.17) is 0 Å². The monoisotopic (exact) mass is 167 g/mol. The number of hydrogen-bond donors (Lipinski definition) is 1. The van der Waals surface area contributed by atoms with E-state index in [-0.39, 0.29) is 0 Å². The predicted octanol–water partition coefficient (Wildman–Crippen LogP) is 2.56. The van der Waals surface area contributed by atoms with Gasteiger partial charge in [0.15, 0.2) is 0 Å². The van der Waals surface area contributed by atoms with Crippen molar-refractivity contribution in [1.29, 1.82) is 0 Å². The van der Waals surface area contributed by atoms with E-state index in [9.17, 15) is 0 Å². The van der Waals surface area contributed by atoms with Crippen LogP contribution in [0.3, 0.4) is 0 Å². The van der Waals surface area contributed by atoms with Crippen LogP contribution in [0.15, 0.2) is 0 Å². The van der Waals surface area contributed by atoms with Gasteiger partial charge >= 0.3 is 0 Å². The van der Waals surface area contributed by atoms with Gasteiger partial charge in [0.2, 0.25) is 0 Å². The van der Waals surface area contributed by atoms with Crippen LogP contribution in [0.4, 0.5) is 0 Å². The van der Waals surface area contributed by atoms with E-state index in [0.717, 1.165) is 12.0 Å². The second-order valence-electron chi connectivity index (χ2n) is 5.19. The summed E-state index contributed by atoms with van der Waals surface area (Å²) < 4.78 is 0. The van der Waals surface area contributed by atoms with Gasteiger partial charge in [-0.2, -0.15) is 0 Å². The second kappa shape index (κ2) is 3.02. The first-order chi connectivity index (χ1) is 5.70. The van der Waals surface area contributed by atoms with Gasteiger partial charge in [0, 0.05) is 6.04 Å². The van der Waals surface area contributed by atoms with Crippen LogP contribution in [0.2, 0.25) is 0 Å². The molecule has 12 heavy (non-hydrogen) atoms. The van der Waals surface area contributed by atoms with Gasteiger partial charge in [-0.15, -0.1) is 0 Å². The molecule has 0 aromatic carbocycles. The van der Waals surface area contributed by atoms with Gasteiger partial charge in [-0.05, 0) is 43.6 Å². The third-order valence-corrected chi connectivity index (χ3v) is 3.92. The molecule has 1 heterocycles. The van der Waals surface area contributed by atoms with Crippen LogP contribution in [-0.2, 0) is 0 Å². The molecule has 1 aliphatic carbocycles. The topological polar surface area (TPSA) is 12.0 Å². The van der Waals surface area contributed by atoms with Crippen molar-refractivity contribution in [1.82, 2.24) is 5.32 Å². The van der Waals surface area contributed by atoms with Crippen LogP contribution in [0.1, 0.15) is 46.0 Å². The Morgan fingerprint density at radius 1 is 1.17 bits per heavy atom. The molecule has 1 heteroatoms. The van der Waals surface area contributed by atoms with Crippen LogP contribution in [-0.4, -0.2) is 12.6 Å². The van der Waals surface area contributed by atoms with Crippen molar-refractivity contribution < 1.29 is 0 Å². The van der Waals surface area contributed by atoms with Crippen LogP contribution in [0.25, 0.3) is 0 Å². The molecule has 1 aliphatic heterocycles. The zero-order valence-corrected chi connectivity index (χ0v) is 8.40. The van der Waals surface area contributed by atoms with Crippen molar-refractivity contribution in [3.8, 4) is 0 Å². The maximum absolute atomic E-state index is 3.65. The average molecular weight is 167 g/mol. The van der Waals surface area contributed by atoms with Crippen molar-refractivity contribution in [3.05, 3.63) is 0 Å². The van der Waals surface area contributed by atoms with E-state index in [1.807, 2.05) is 0 Å². The summed E-state index contributed by atoms with van der Waals surface area (Å²) in [6.45, 7) is 6.16. The Balaban J connectivity index is 2.02. The SMILES string of the molecule is CC1(C)CCCC1C1CCCN1. The molecule has 0 bridgehead atoms. The molecule has 2 fully saturated rings. The summed E-state index contributed by atoms with van der Waals surface area (Å²) in [6, 6.07) is 0.850. The lowest BCUT2D eigenvalue weighted by Crippen LogP contribution is -2.36. The molecule has 0 aromatic rings. The number of hydrogen-bond acceptors (Lipinski definition) is 1. The number of rotatable bonds is 1. The summed E-state index contributed by atoms with van der Waals surface area (Å²) in [6.07, 6.45) is 7.18. The average Bonchev–Trinajstić information content (AvgIpc) is 2.55. The predicted molar refractivity (Wildman–Crippen MR) is 52.1 cm³/mol. The van der Waals surface area contributed by atoms with E-state index >= 15 is 0 Å². The Morgan fingerprint density at radius 2 is 2.00 bits per heavy atom. The zero-order chi connectivity index (χ0) is 8.60. The molecule has 2 unspecified atom stereocenters. The molecular weight excluding hydrogens is 146 g/mol. The lowest BCUT2D eigenvalue weighted by Gasteiger charge is -2.32. The van der Waals surface area contributed by atoms with E-state index in [1.165, 1.54) is 38.6 Å². The van der Waals surface area contributed by atoms with Crippen molar-refractivity contribution in [2.75, 3.05) is 6.54 Å². The quantitative estimate of drug-likeness (QED) is 0.633. The molecule has 1 saturated carbocycles. The molecule has 0 amide bonds. The molecule has 1 nitrogen and oxygen atoms in total. The van der Waals surface area contributed by atoms with E-state index in [0.29, 0.717) is 5.41 Å². The maximum atomic E-state index is 3.65. The summed E-state index contributed by atoms with van der Waals surface area (Å²) in [7, 11) is 0. The van der Waals surface area contributed by atoms with Gasteiger partial charge in [-0.1, -0.05) is 20.3 Å². The van der Waals surface area contributed by atoms with E-state index in [1.54, 1.807) is 0 Å². The lowest BCUT2D eigenvalue weighted by atomic mass is 9.77. The third-order valence-electron chi connectivity index (χ3n) is 3.92. The molecule has 0 aromatic heterocycles. The molecule has 0 radical (unpaired) electrons. The Bertz CT molecular complexity index is 156. The van der Waals surface area contributed by atoms with Gasteiger partial charge in [0.05, 0.1) is 0 Å². The third kappa shape index (κ3) is 1.39. The molecule has 1 saturated heterocycles. The fourth-order valence-corrected chi connectivity index (χ4v) is 3.15. The van der Waals surface area contributed by atoms with Gasteiger partial charge in [0.25, 0.3) is 0 Å². The molecule has 2 rings (SSSR count). The largest absolute Gasteiger partial charge is 0.314 e. The summed E-state index contributed by atoms with van der Waals surface area (Å²) in [5.41, 5.74) is 0.613. The Kier molecular flexibility index (Phi) is 2.16. The van der Waals surface area contributed by atoms with Crippen molar-refractivity contribution in [2.24, 2.45) is 11.3 Å². The van der Waals surface area contributed by atoms with Gasteiger partial charge in [-0.25, -0.2) is 0 Å². The summed E-state index contributed by atoms with van der Waals surface area (Å²) in [5, 5.41) is 3.65. The van der Waals surface area contributed by atoms with E-state index < -0.39 is 0 Å². The fraction of sp³-hybridized carbons (Fsp3) is 1.00. The van der Waals surface area contributed by atoms with Crippen molar-refractivity contribution >= 4 is 0 Å². The zero-order valence-electron chi connectivity index (χ0n) is 8.40. The van der Waals surface area contributed by atoms with Crippen LogP contribution in [0.5, 0.6) is 0 Å². The molecule has 2 atom stereocenters. The van der Waals surface area contributed by atoms with Crippen molar-refractivity contribution in [3.63, 3.8) is 0 Å². The Labute approximate surface area is 75.9 Å². The van der Waals surface area contributed by atoms with Crippen LogP contribution < -0.4 is 5.32 Å². The maximum Gasteiger partial charge on any atom is 0.0101 e. The minimum atomic E-state index is 0.613. The highest BCUT2D eigenvalue weighted by Gasteiger charge is 2.39. The number of nitrogens with one attached hydrogen (secondary N) is 1.